The van der Waals surface area contributed by atoms with Crippen molar-refractivity contribution in [3.8, 4) is 0 Å². The smallest absolute Gasteiger partial charge is 0.305 e. The van der Waals surface area contributed by atoms with Gasteiger partial charge in [-0.3, -0.25) is 9.69 Å². The summed E-state index contributed by atoms with van der Waals surface area (Å²) in [5.74, 6) is -0.0221. The fourth-order valence-corrected chi connectivity index (χ4v) is 6.82. The van der Waals surface area contributed by atoms with Crippen molar-refractivity contribution in [3.05, 3.63) is 53.6 Å². The van der Waals surface area contributed by atoms with Gasteiger partial charge in [0.05, 0.1) is 6.61 Å². The first kappa shape index (κ1) is 27.6. The third-order valence-corrected chi connectivity index (χ3v) is 9.33. The number of piperazine rings is 1. The Kier molecular flexibility index (Phi) is 11.1. The maximum Gasteiger partial charge on any atom is 0.305 e. The van der Waals surface area contributed by atoms with Crippen LogP contribution in [0, 0.1) is 0 Å². The summed E-state index contributed by atoms with van der Waals surface area (Å²) >= 11 is 3.76. The highest BCUT2D eigenvalue weighted by Crippen LogP contribution is 2.44. The predicted molar refractivity (Wildman–Crippen MR) is 152 cm³/mol. The van der Waals surface area contributed by atoms with Crippen molar-refractivity contribution in [3.63, 3.8) is 0 Å². The van der Waals surface area contributed by atoms with E-state index in [0.717, 1.165) is 58.4 Å². The topological polar surface area (TPSA) is 32.8 Å². The van der Waals surface area contributed by atoms with E-state index in [1.54, 1.807) is 0 Å². The van der Waals surface area contributed by atoms with Gasteiger partial charge in [-0.15, -0.1) is 11.8 Å². The molecule has 2 heterocycles. The van der Waals surface area contributed by atoms with Crippen molar-refractivity contribution in [2.75, 3.05) is 45.6 Å². The Morgan fingerprint density at radius 1 is 1.00 bits per heavy atom. The maximum atomic E-state index is 12.0. The lowest BCUT2D eigenvalue weighted by Gasteiger charge is -2.39. The van der Waals surface area contributed by atoms with Crippen molar-refractivity contribution in [1.29, 1.82) is 0 Å². The van der Waals surface area contributed by atoms with Crippen molar-refractivity contribution < 1.29 is 9.53 Å². The van der Waals surface area contributed by atoms with Gasteiger partial charge in [-0.2, -0.15) is 0 Å². The number of ether oxygens (including phenoxy) is 1. The Balaban J connectivity index is 1.26. The minimum Gasteiger partial charge on any atom is -0.466 e. The second kappa shape index (κ2) is 14.5. The first-order valence-corrected chi connectivity index (χ1v) is 15.8. The normalized spacial score (nSPS) is 18.3. The van der Waals surface area contributed by atoms with E-state index >= 15 is 0 Å². The average molecular weight is 527 g/mol. The maximum absolute atomic E-state index is 12.0. The van der Waals surface area contributed by atoms with Crippen molar-refractivity contribution >= 4 is 29.5 Å². The molecule has 0 spiro atoms. The van der Waals surface area contributed by atoms with Crippen molar-refractivity contribution in [1.82, 2.24) is 9.80 Å². The summed E-state index contributed by atoms with van der Waals surface area (Å²) in [6.45, 7) is 8.09. The molecule has 0 aliphatic carbocycles. The second-order valence-corrected chi connectivity index (χ2v) is 11.9. The standard InChI is InChI=1S/C30H42N2O2S2/c1-3-4-5-6-7-13-30(33)34-21-10-16-31-17-19-32(20-18-31)27-22-24-11-8-9-12-28(24)36-29-15-14-25(35-2)23-26(27)29/h8-9,11-12,14-15,23,27H,3-7,10,13,16-22H2,1-2H3. The zero-order chi connectivity index (χ0) is 25.2. The molecule has 4 nitrogen and oxygen atoms in total. The fourth-order valence-electron chi connectivity index (χ4n) is 5.26. The van der Waals surface area contributed by atoms with E-state index in [-0.39, 0.29) is 5.97 Å². The minimum atomic E-state index is -0.0221. The first-order chi connectivity index (χ1) is 17.7. The SMILES string of the molecule is CCCCCCCC(=O)OCCCN1CCN(C2Cc3ccccc3Sc3ccc(SC)cc32)CC1. The van der Waals surface area contributed by atoms with Crippen molar-refractivity contribution in [2.24, 2.45) is 0 Å². The molecule has 6 heteroatoms. The molecular weight excluding hydrogens is 484 g/mol. The second-order valence-electron chi connectivity index (χ2n) is 9.95. The van der Waals surface area contributed by atoms with Gasteiger partial charge in [0.25, 0.3) is 0 Å². The third kappa shape index (κ3) is 7.77. The Labute approximate surface area is 226 Å². The van der Waals surface area contributed by atoms with E-state index in [0.29, 0.717) is 19.1 Å². The van der Waals surface area contributed by atoms with E-state index in [1.807, 2.05) is 23.5 Å². The Hall–Kier alpha value is -1.47. The number of hydrogen-bond acceptors (Lipinski definition) is 6. The van der Waals surface area contributed by atoms with Crippen LogP contribution in [0.5, 0.6) is 0 Å². The van der Waals surface area contributed by atoms with Gasteiger partial charge in [0.2, 0.25) is 0 Å². The van der Waals surface area contributed by atoms with E-state index < -0.39 is 0 Å². The molecule has 0 amide bonds. The highest BCUT2D eigenvalue weighted by atomic mass is 32.2. The molecule has 0 aromatic heterocycles. The summed E-state index contributed by atoms with van der Waals surface area (Å²) in [6.07, 6.45) is 10.6. The van der Waals surface area contributed by atoms with E-state index in [9.17, 15) is 4.79 Å². The lowest BCUT2D eigenvalue weighted by atomic mass is 9.96. The number of fused-ring (bicyclic) bond motifs is 2. The quantitative estimate of drug-likeness (QED) is 0.167. The lowest BCUT2D eigenvalue weighted by Crippen LogP contribution is -2.48. The fraction of sp³-hybridized carbons (Fsp3) is 0.567. The molecular formula is C30H42N2O2S2. The summed E-state index contributed by atoms with van der Waals surface area (Å²) < 4.78 is 5.48. The molecule has 1 unspecified atom stereocenters. The molecule has 196 valence electrons. The van der Waals surface area contributed by atoms with Gasteiger partial charge in [0, 0.05) is 59.9 Å². The summed E-state index contributed by atoms with van der Waals surface area (Å²) in [5.41, 5.74) is 2.95. The number of thioether (sulfide) groups is 1. The number of hydrogen-bond donors (Lipinski definition) is 0. The number of benzene rings is 2. The van der Waals surface area contributed by atoms with Crippen LogP contribution in [-0.2, 0) is 16.0 Å². The van der Waals surface area contributed by atoms with Crippen LogP contribution < -0.4 is 0 Å². The number of carbonyl (C=O) groups excluding carboxylic acids is 1. The number of carbonyl (C=O) groups is 1. The van der Waals surface area contributed by atoms with Crippen LogP contribution in [0.1, 0.15) is 69.0 Å². The Morgan fingerprint density at radius 2 is 1.81 bits per heavy atom. The number of esters is 1. The molecule has 2 aliphatic heterocycles. The van der Waals surface area contributed by atoms with Gasteiger partial charge in [0.15, 0.2) is 0 Å². The lowest BCUT2D eigenvalue weighted by molar-refractivity contribution is -0.144. The van der Waals surface area contributed by atoms with Crippen LogP contribution >= 0.6 is 23.5 Å². The number of nitrogens with zero attached hydrogens (tertiary/aromatic N) is 2. The number of rotatable bonds is 12. The molecule has 0 bridgehead atoms. The van der Waals surface area contributed by atoms with E-state index in [2.05, 4.69) is 65.4 Å². The molecule has 0 N–H and O–H groups in total. The molecule has 0 saturated carbocycles. The van der Waals surface area contributed by atoms with Gasteiger partial charge in [-0.25, -0.2) is 0 Å². The highest BCUT2D eigenvalue weighted by Gasteiger charge is 2.30. The summed E-state index contributed by atoms with van der Waals surface area (Å²) in [4.78, 5) is 21.3. The average Bonchev–Trinajstić information content (AvgIpc) is 3.07. The molecule has 0 radical (unpaired) electrons. The van der Waals surface area contributed by atoms with Gasteiger partial charge in [0.1, 0.15) is 0 Å². The van der Waals surface area contributed by atoms with Crippen LogP contribution in [0.3, 0.4) is 0 Å². The van der Waals surface area contributed by atoms with Gasteiger partial charge >= 0.3 is 5.97 Å². The third-order valence-electron chi connectivity index (χ3n) is 7.40. The number of unbranched alkanes of at least 4 members (excludes halogenated alkanes) is 4. The Morgan fingerprint density at radius 3 is 2.61 bits per heavy atom. The summed E-state index contributed by atoms with van der Waals surface area (Å²) in [5, 5.41) is 0. The molecule has 1 atom stereocenters. The summed E-state index contributed by atoms with van der Waals surface area (Å²) in [7, 11) is 0. The van der Waals surface area contributed by atoms with E-state index in [1.165, 1.54) is 45.1 Å². The van der Waals surface area contributed by atoms with Gasteiger partial charge in [-0.1, -0.05) is 62.6 Å². The molecule has 2 aliphatic rings. The van der Waals surface area contributed by atoms with Crippen LogP contribution in [-0.4, -0.2) is 61.4 Å². The molecule has 2 aromatic carbocycles. The largest absolute Gasteiger partial charge is 0.466 e. The van der Waals surface area contributed by atoms with Crippen LogP contribution in [0.15, 0.2) is 57.2 Å². The minimum absolute atomic E-state index is 0.0221. The molecule has 36 heavy (non-hydrogen) atoms. The zero-order valence-corrected chi connectivity index (χ0v) is 23.7. The first-order valence-electron chi connectivity index (χ1n) is 13.7. The highest BCUT2D eigenvalue weighted by molar-refractivity contribution is 7.99. The molecule has 1 saturated heterocycles. The monoisotopic (exact) mass is 526 g/mol. The molecule has 4 rings (SSSR count). The predicted octanol–water partition coefficient (Wildman–Crippen LogP) is 7.07. The van der Waals surface area contributed by atoms with Crippen LogP contribution in [0.2, 0.25) is 0 Å². The zero-order valence-electron chi connectivity index (χ0n) is 22.0. The van der Waals surface area contributed by atoms with E-state index in [4.69, 9.17) is 4.74 Å². The van der Waals surface area contributed by atoms with Gasteiger partial charge < -0.3 is 9.64 Å². The van der Waals surface area contributed by atoms with Crippen LogP contribution in [0.25, 0.3) is 0 Å². The molecule has 2 aromatic rings. The van der Waals surface area contributed by atoms with Crippen molar-refractivity contribution in [2.45, 2.75) is 79.0 Å². The summed E-state index contributed by atoms with van der Waals surface area (Å²) in [6, 6.07) is 16.3. The van der Waals surface area contributed by atoms with Gasteiger partial charge in [-0.05, 0) is 60.9 Å². The molecule has 1 fully saturated rings. The Bertz CT molecular complexity index is 975. The van der Waals surface area contributed by atoms with Crippen LogP contribution in [0.4, 0.5) is 0 Å².